The van der Waals surface area contributed by atoms with Gasteiger partial charge in [-0.25, -0.2) is 8.42 Å². The molecule has 0 radical (unpaired) electrons. The minimum absolute atomic E-state index is 0.177. The predicted molar refractivity (Wildman–Crippen MR) is 70.9 cm³/mol. The number of rotatable bonds is 2. The lowest BCUT2D eigenvalue weighted by Crippen LogP contribution is -2.01. The first-order valence-corrected chi connectivity index (χ1v) is 7.28. The molecule has 96 valence electrons. The van der Waals surface area contributed by atoms with Crippen molar-refractivity contribution in [2.75, 3.05) is 0 Å². The topological polar surface area (TPSA) is 60.2 Å². The van der Waals surface area contributed by atoms with Crippen LogP contribution < -0.4 is 0 Å². The number of hydrogen-bond donors (Lipinski definition) is 0. The minimum Gasteiger partial charge on any atom is -0.364 e. The molecule has 3 aromatic rings. The Balaban J connectivity index is 2.15. The van der Waals surface area contributed by atoms with Gasteiger partial charge in [0.25, 0.3) is 0 Å². The summed E-state index contributed by atoms with van der Waals surface area (Å²) in [6.07, 6.45) is 1.47. The number of fused-ring (bicyclic) bond motifs is 1. The van der Waals surface area contributed by atoms with Crippen molar-refractivity contribution in [3.63, 3.8) is 0 Å². The van der Waals surface area contributed by atoms with Gasteiger partial charge in [-0.1, -0.05) is 16.8 Å². The second kappa shape index (κ2) is 4.36. The first-order chi connectivity index (χ1) is 9.07. The Hall–Kier alpha value is -1.85. The van der Waals surface area contributed by atoms with E-state index in [-0.39, 0.29) is 9.79 Å². The van der Waals surface area contributed by atoms with Crippen molar-refractivity contribution >= 4 is 32.3 Å². The summed E-state index contributed by atoms with van der Waals surface area (Å²) in [5, 5.41) is 4.99. The number of halogens is 1. The van der Waals surface area contributed by atoms with Gasteiger partial charge in [-0.2, -0.15) is 0 Å². The van der Waals surface area contributed by atoms with Crippen molar-refractivity contribution in [2.45, 2.75) is 9.79 Å². The van der Waals surface area contributed by atoms with E-state index in [1.807, 2.05) is 0 Å². The largest absolute Gasteiger partial charge is 0.364 e. The number of aromatic nitrogens is 1. The molecule has 0 bridgehead atoms. The lowest BCUT2D eigenvalue weighted by Gasteiger charge is -2.04. The Morgan fingerprint density at radius 2 is 1.68 bits per heavy atom. The van der Waals surface area contributed by atoms with Crippen LogP contribution in [0.25, 0.3) is 10.9 Å². The molecule has 0 atom stereocenters. The third-order valence-electron chi connectivity index (χ3n) is 2.77. The second-order valence-corrected chi connectivity index (χ2v) is 6.38. The van der Waals surface area contributed by atoms with E-state index in [4.69, 9.17) is 16.1 Å². The van der Waals surface area contributed by atoms with Crippen LogP contribution in [0.5, 0.6) is 0 Å². The number of hydrogen-bond acceptors (Lipinski definition) is 4. The Morgan fingerprint density at radius 1 is 1.00 bits per heavy atom. The zero-order valence-electron chi connectivity index (χ0n) is 9.58. The Kier molecular flexibility index (Phi) is 2.80. The highest BCUT2D eigenvalue weighted by Crippen LogP contribution is 2.25. The van der Waals surface area contributed by atoms with Crippen LogP contribution in [-0.2, 0) is 9.84 Å². The molecule has 0 fully saturated rings. The van der Waals surface area contributed by atoms with Gasteiger partial charge in [0.2, 0.25) is 9.84 Å². The van der Waals surface area contributed by atoms with Crippen molar-refractivity contribution in [3.8, 4) is 0 Å². The summed E-state index contributed by atoms with van der Waals surface area (Å²) in [6.45, 7) is 0. The molecule has 6 heteroatoms. The van der Waals surface area contributed by atoms with Gasteiger partial charge >= 0.3 is 0 Å². The summed E-state index contributed by atoms with van der Waals surface area (Å²) in [5.74, 6) is 0. The molecule has 0 saturated heterocycles. The Morgan fingerprint density at radius 3 is 2.42 bits per heavy atom. The van der Waals surface area contributed by atoms with Crippen LogP contribution in [0.15, 0.2) is 63.0 Å². The van der Waals surface area contributed by atoms with E-state index in [0.29, 0.717) is 10.5 Å². The fourth-order valence-electron chi connectivity index (χ4n) is 1.76. The quantitative estimate of drug-likeness (QED) is 0.727. The van der Waals surface area contributed by atoms with Gasteiger partial charge in [0.1, 0.15) is 11.8 Å². The Labute approximate surface area is 114 Å². The molecule has 19 heavy (non-hydrogen) atoms. The van der Waals surface area contributed by atoms with E-state index < -0.39 is 9.84 Å². The molecule has 0 aliphatic carbocycles. The molecule has 1 heterocycles. The molecular formula is C13H8ClNO3S. The first kappa shape index (κ1) is 12.2. The lowest BCUT2D eigenvalue weighted by molar-refractivity contribution is 0.428. The molecule has 0 unspecified atom stereocenters. The smallest absolute Gasteiger partial charge is 0.206 e. The summed E-state index contributed by atoms with van der Waals surface area (Å²) in [7, 11) is -3.57. The average Bonchev–Trinajstić information content (AvgIpc) is 2.86. The van der Waals surface area contributed by atoms with Crippen molar-refractivity contribution in [1.29, 1.82) is 0 Å². The van der Waals surface area contributed by atoms with Gasteiger partial charge in [0, 0.05) is 10.4 Å². The number of nitrogens with zero attached hydrogens (tertiary/aromatic N) is 1. The van der Waals surface area contributed by atoms with Crippen LogP contribution in [0.2, 0.25) is 5.02 Å². The number of benzene rings is 2. The van der Waals surface area contributed by atoms with Crippen molar-refractivity contribution in [3.05, 3.63) is 53.8 Å². The molecule has 0 spiro atoms. The maximum absolute atomic E-state index is 12.4. The molecule has 1 aromatic heterocycles. The zero-order valence-corrected chi connectivity index (χ0v) is 11.1. The van der Waals surface area contributed by atoms with E-state index >= 15 is 0 Å². The summed E-state index contributed by atoms with van der Waals surface area (Å²) in [6, 6.07) is 10.7. The summed E-state index contributed by atoms with van der Waals surface area (Å²) in [5.41, 5.74) is 0.509. The highest BCUT2D eigenvalue weighted by molar-refractivity contribution is 7.91. The molecule has 3 rings (SSSR count). The zero-order chi connectivity index (χ0) is 13.5. The first-order valence-electron chi connectivity index (χ1n) is 5.42. The van der Waals surface area contributed by atoms with E-state index in [2.05, 4.69) is 5.16 Å². The van der Waals surface area contributed by atoms with Crippen molar-refractivity contribution in [1.82, 2.24) is 5.16 Å². The molecule has 0 aliphatic rings. The normalized spacial score (nSPS) is 11.8. The van der Waals surface area contributed by atoms with Crippen LogP contribution in [0.1, 0.15) is 0 Å². The molecule has 2 aromatic carbocycles. The fraction of sp³-hybridized carbons (Fsp3) is 0. The van der Waals surface area contributed by atoms with Gasteiger partial charge in [0.15, 0.2) is 0 Å². The van der Waals surface area contributed by atoms with Crippen molar-refractivity contribution < 1.29 is 12.9 Å². The van der Waals surface area contributed by atoms with Gasteiger partial charge in [-0.15, -0.1) is 0 Å². The highest BCUT2D eigenvalue weighted by atomic mass is 35.5. The Bertz CT molecular complexity index is 838. The van der Waals surface area contributed by atoms with Gasteiger partial charge in [-0.05, 0) is 42.5 Å². The summed E-state index contributed by atoms with van der Waals surface area (Å²) in [4.78, 5) is 0.371. The third kappa shape index (κ3) is 2.11. The summed E-state index contributed by atoms with van der Waals surface area (Å²) < 4.78 is 29.6. The van der Waals surface area contributed by atoms with Crippen LogP contribution in [0.4, 0.5) is 0 Å². The van der Waals surface area contributed by atoms with Gasteiger partial charge < -0.3 is 4.52 Å². The molecule has 0 amide bonds. The fourth-order valence-corrected chi connectivity index (χ4v) is 3.17. The van der Waals surface area contributed by atoms with Crippen molar-refractivity contribution in [2.24, 2.45) is 0 Å². The minimum atomic E-state index is -3.57. The molecule has 0 saturated carbocycles. The average molecular weight is 294 g/mol. The summed E-state index contributed by atoms with van der Waals surface area (Å²) >= 11 is 5.75. The van der Waals surface area contributed by atoms with Crippen LogP contribution >= 0.6 is 11.6 Å². The van der Waals surface area contributed by atoms with E-state index in [1.54, 1.807) is 18.2 Å². The second-order valence-electron chi connectivity index (χ2n) is 3.99. The van der Waals surface area contributed by atoms with Gasteiger partial charge in [-0.3, -0.25) is 0 Å². The van der Waals surface area contributed by atoms with Crippen LogP contribution in [-0.4, -0.2) is 13.6 Å². The number of sulfone groups is 1. The maximum Gasteiger partial charge on any atom is 0.206 e. The van der Waals surface area contributed by atoms with Crippen LogP contribution in [0.3, 0.4) is 0 Å². The third-order valence-corrected chi connectivity index (χ3v) is 4.79. The van der Waals surface area contributed by atoms with E-state index in [1.165, 1.54) is 30.5 Å². The van der Waals surface area contributed by atoms with E-state index in [9.17, 15) is 8.42 Å². The SMILES string of the molecule is O=S(=O)(c1ccc(Cl)cc1)c1ccc2conc2c1. The van der Waals surface area contributed by atoms with Crippen LogP contribution in [0, 0.1) is 0 Å². The molecule has 0 aliphatic heterocycles. The van der Waals surface area contributed by atoms with E-state index in [0.717, 1.165) is 5.39 Å². The molecular weight excluding hydrogens is 286 g/mol. The molecule has 0 N–H and O–H groups in total. The standard InChI is InChI=1S/C13H8ClNO3S/c14-10-2-5-11(6-3-10)19(16,17)12-4-1-9-8-18-15-13(9)7-12/h1-8H. The highest BCUT2D eigenvalue weighted by Gasteiger charge is 2.18. The predicted octanol–water partition coefficient (Wildman–Crippen LogP) is 3.31. The lowest BCUT2D eigenvalue weighted by atomic mass is 10.3. The monoisotopic (exact) mass is 293 g/mol. The maximum atomic E-state index is 12.4. The van der Waals surface area contributed by atoms with Gasteiger partial charge in [0.05, 0.1) is 9.79 Å². The molecule has 4 nitrogen and oxygen atoms in total.